The van der Waals surface area contributed by atoms with Crippen LogP contribution in [0.3, 0.4) is 0 Å². The maximum absolute atomic E-state index is 12.3. The Bertz CT molecular complexity index is 876. The van der Waals surface area contributed by atoms with Crippen LogP contribution in [0.25, 0.3) is 0 Å². The average Bonchev–Trinajstić information content (AvgIpc) is 3.12. The van der Waals surface area contributed by atoms with Crippen molar-refractivity contribution < 1.29 is 28.6 Å². The van der Waals surface area contributed by atoms with Crippen molar-refractivity contribution in [1.82, 2.24) is 0 Å². The van der Waals surface area contributed by atoms with Crippen LogP contribution in [0.2, 0.25) is 0 Å². The van der Waals surface area contributed by atoms with Gasteiger partial charge in [-0.05, 0) is 80.5 Å². The summed E-state index contributed by atoms with van der Waals surface area (Å²) in [5.41, 5.74) is 3.00. The molecule has 0 N–H and O–H groups in total. The van der Waals surface area contributed by atoms with Crippen molar-refractivity contribution in [3.05, 3.63) is 11.1 Å². The number of rotatable bonds is 5. The molecule has 0 aromatic rings. The molecule has 4 aliphatic rings. The highest BCUT2D eigenvalue weighted by Gasteiger charge is 2.60. The largest absolute Gasteiger partial charge is 0.469 e. The molecule has 4 aliphatic carbocycles. The van der Waals surface area contributed by atoms with Crippen molar-refractivity contribution in [1.29, 1.82) is 0 Å². The van der Waals surface area contributed by atoms with Crippen LogP contribution in [0.5, 0.6) is 0 Å². The number of hydrogen-bond donors (Lipinski definition) is 0. The van der Waals surface area contributed by atoms with Crippen LogP contribution in [0.15, 0.2) is 11.1 Å². The van der Waals surface area contributed by atoms with Crippen LogP contribution in [-0.4, -0.2) is 37.2 Å². The Morgan fingerprint density at radius 1 is 1.00 bits per heavy atom. The quantitative estimate of drug-likeness (QED) is 0.302. The Labute approximate surface area is 204 Å². The normalized spacial score (nSPS) is 39.9. The first-order chi connectivity index (χ1) is 16.0. The molecule has 0 heterocycles. The molecular formula is C28H42O6. The molecule has 0 aromatic carbocycles. The summed E-state index contributed by atoms with van der Waals surface area (Å²) < 4.78 is 16.7. The maximum Gasteiger partial charge on any atom is 0.305 e. The van der Waals surface area contributed by atoms with Gasteiger partial charge >= 0.3 is 17.9 Å². The minimum absolute atomic E-state index is 0.0259. The lowest BCUT2D eigenvalue weighted by atomic mass is 9.48. The van der Waals surface area contributed by atoms with Crippen LogP contribution >= 0.6 is 0 Å². The van der Waals surface area contributed by atoms with E-state index in [4.69, 9.17) is 14.2 Å². The zero-order valence-electron chi connectivity index (χ0n) is 21.8. The SMILES string of the molecule is COC(=O)C[C@@H](C)[C@@H]1CCC2=C3CC[C@@H]4C[C@H](OC(C)=O)CC[C@]4(C)[C@H]3C[C@H](OC(C)=O)[C@@]21C. The summed E-state index contributed by atoms with van der Waals surface area (Å²) in [6.07, 6.45) is 8.20. The summed E-state index contributed by atoms with van der Waals surface area (Å²) in [7, 11) is 1.45. The van der Waals surface area contributed by atoms with Gasteiger partial charge in [0.25, 0.3) is 0 Å². The molecule has 0 aliphatic heterocycles. The Morgan fingerprint density at radius 2 is 1.71 bits per heavy atom. The maximum atomic E-state index is 12.3. The molecule has 3 fully saturated rings. The molecule has 0 bridgehead atoms. The summed E-state index contributed by atoms with van der Waals surface area (Å²) >= 11 is 0. The van der Waals surface area contributed by atoms with Crippen molar-refractivity contribution >= 4 is 17.9 Å². The Balaban J connectivity index is 1.68. The van der Waals surface area contributed by atoms with E-state index >= 15 is 0 Å². The number of hydrogen-bond acceptors (Lipinski definition) is 6. The van der Waals surface area contributed by atoms with Crippen LogP contribution in [0, 0.1) is 34.5 Å². The molecule has 34 heavy (non-hydrogen) atoms. The highest BCUT2D eigenvalue weighted by Crippen LogP contribution is 2.66. The molecule has 8 atom stereocenters. The van der Waals surface area contributed by atoms with Crippen molar-refractivity contribution in [2.45, 2.75) is 105 Å². The number of carbonyl (C=O) groups excluding carboxylic acids is 3. The van der Waals surface area contributed by atoms with E-state index in [1.54, 1.807) is 5.57 Å². The first kappa shape index (κ1) is 25.2. The van der Waals surface area contributed by atoms with E-state index in [0.717, 1.165) is 51.4 Å². The van der Waals surface area contributed by atoms with E-state index in [1.807, 2.05) is 0 Å². The predicted octanol–water partition coefficient (Wildman–Crippen LogP) is 5.38. The van der Waals surface area contributed by atoms with E-state index in [2.05, 4.69) is 20.8 Å². The minimum atomic E-state index is -0.233. The van der Waals surface area contributed by atoms with Gasteiger partial charge in [0.15, 0.2) is 0 Å². The lowest BCUT2D eigenvalue weighted by Gasteiger charge is -2.58. The summed E-state index contributed by atoms with van der Waals surface area (Å²) in [5, 5.41) is 0. The van der Waals surface area contributed by atoms with Crippen LogP contribution < -0.4 is 0 Å². The first-order valence-electron chi connectivity index (χ1n) is 13.1. The summed E-state index contributed by atoms with van der Waals surface area (Å²) in [6, 6.07) is 0. The van der Waals surface area contributed by atoms with Crippen molar-refractivity contribution in [2.75, 3.05) is 7.11 Å². The third kappa shape index (κ3) is 4.19. The fourth-order valence-corrected chi connectivity index (χ4v) is 8.53. The van der Waals surface area contributed by atoms with Crippen LogP contribution in [-0.2, 0) is 28.6 Å². The number of methoxy groups -OCH3 is 1. The zero-order valence-corrected chi connectivity index (χ0v) is 21.8. The molecule has 4 rings (SSSR count). The minimum Gasteiger partial charge on any atom is -0.469 e. The predicted molar refractivity (Wildman–Crippen MR) is 128 cm³/mol. The highest BCUT2D eigenvalue weighted by atomic mass is 16.5. The number of allylic oxidation sites excluding steroid dienone is 1. The van der Waals surface area contributed by atoms with E-state index in [9.17, 15) is 14.4 Å². The van der Waals surface area contributed by atoms with Gasteiger partial charge in [0, 0.05) is 25.7 Å². The molecule has 6 nitrogen and oxygen atoms in total. The van der Waals surface area contributed by atoms with Gasteiger partial charge in [-0.1, -0.05) is 31.9 Å². The van der Waals surface area contributed by atoms with E-state index in [0.29, 0.717) is 18.3 Å². The van der Waals surface area contributed by atoms with Gasteiger partial charge in [0.2, 0.25) is 0 Å². The molecule has 0 saturated heterocycles. The molecule has 3 saturated carbocycles. The monoisotopic (exact) mass is 474 g/mol. The fraction of sp³-hybridized carbons (Fsp3) is 0.821. The number of carbonyl (C=O) groups is 3. The van der Waals surface area contributed by atoms with Gasteiger partial charge in [0.05, 0.1) is 7.11 Å². The van der Waals surface area contributed by atoms with Gasteiger partial charge < -0.3 is 14.2 Å². The Morgan fingerprint density at radius 3 is 2.35 bits per heavy atom. The number of ether oxygens (including phenoxy) is 3. The Hall–Kier alpha value is -1.85. The smallest absolute Gasteiger partial charge is 0.305 e. The lowest BCUT2D eigenvalue weighted by Crippen LogP contribution is -2.53. The molecular weight excluding hydrogens is 432 g/mol. The number of esters is 3. The second kappa shape index (κ2) is 9.31. The van der Waals surface area contributed by atoms with Crippen LogP contribution in [0.1, 0.15) is 92.4 Å². The van der Waals surface area contributed by atoms with Crippen molar-refractivity contribution in [3.63, 3.8) is 0 Å². The molecule has 190 valence electrons. The zero-order chi connectivity index (χ0) is 24.8. The fourth-order valence-electron chi connectivity index (χ4n) is 8.53. The number of fused-ring (bicyclic) bond motifs is 4. The second-order valence-electron chi connectivity index (χ2n) is 11.8. The van der Waals surface area contributed by atoms with E-state index in [-0.39, 0.29) is 52.8 Å². The summed E-state index contributed by atoms with van der Waals surface area (Å²) in [4.78, 5) is 35.9. The van der Waals surface area contributed by atoms with Crippen molar-refractivity contribution in [2.24, 2.45) is 34.5 Å². The molecule has 6 heteroatoms. The van der Waals surface area contributed by atoms with Gasteiger partial charge in [-0.2, -0.15) is 0 Å². The first-order valence-corrected chi connectivity index (χ1v) is 13.1. The molecule has 0 amide bonds. The van der Waals surface area contributed by atoms with Gasteiger partial charge in [-0.15, -0.1) is 0 Å². The Kier molecular flexibility index (Phi) is 6.91. The van der Waals surface area contributed by atoms with Gasteiger partial charge in [0.1, 0.15) is 12.2 Å². The summed E-state index contributed by atoms with van der Waals surface area (Å²) in [5.74, 6) is 0.766. The van der Waals surface area contributed by atoms with E-state index < -0.39 is 0 Å². The van der Waals surface area contributed by atoms with E-state index in [1.165, 1.54) is 26.5 Å². The highest BCUT2D eigenvalue weighted by molar-refractivity contribution is 5.69. The molecule has 0 spiro atoms. The van der Waals surface area contributed by atoms with Gasteiger partial charge in [-0.25, -0.2) is 0 Å². The third-order valence-electron chi connectivity index (χ3n) is 10.1. The average molecular weight is 475 g/mol. The second-order valence-corrected chi connectivity index (χ2v) is 11.8. The summed E-state index contributed by atoms with van der Waals surface area (Å²) in [6.45, 7) is 9.87. The third-order valence-corrected chi connectivity index (χ3v) is 10.1. The topological polar surface area (TPSA) is 78.9 Å². The molecule has 0 aromatic heterocycles. The van der Waals surface area contributed by atoms with Gasteiger partial charge in [-0.3, -0.25) is 14.4 Å². The van der Waals surface area contributed by atoms with Crippen LogP contribution in [0.4, 0.5) is 0 Å². The molecule has 0 unspecified atom stereocenters. The van der Waals surface area contributed by atoms with Crippen molar-refractivity contribution in [3.8, 4) is 0 Å². The molecule has 0 radical (unpaired) electrons. The lowest BCUT2D eigenvalue weighted by molar-refractivity contribution is -0.161. The standard InChI is InChI=1S/C28H42O6/c1-16(13-26(31)32-6)22-9-10-23-21-8-7-19-14-20(33-17(2)29)11-12-27(19,4)24(21)15-25(28(22,23)5)34-18(3)30/h16,19-20,22,24-25H,7-15H2,1-6H3/t16-,19-,20-,22+,24+,25+,27+,28-/m1/s1.